The van der Waals surface area contributed by atoms with Crippen LogP contribution in [0.4, 0.5) is 0 Å². The van der Waals surface area contributed by atoms with E-state index < -0.39 is 0 Å². The van der Waals surface area contributed by atoms with Crippen LogP contribution in [0.15, 0.2) is 30.3 Å². The lowest BCUT2D eigenvalue weighted by Gasteiger charge is -2.25. The summed E-state index contributed by atoms with van der Waals surface area (Å²) in [6.45, 7) is 14.8. The summed E-state index contributed by atoms with van der Waals surface area (Å²) in [6.07, 6.45) is 0. The summed E-state index contributed by atoms with van der Waals surface area (Å²) in [4.78, 5) is 12.6. The van der Waals surface area contributed by atoms with Gasteiger partial charge in [-0.2, -0.15) is 0 Å². The molecule has 0 saturated carbocycles. The van der Waals surface area contributed by atoms with Gasteiger partial charge in [0, 0.05) is 22.5 Å². The minimum absolute atomic E-state index is 0.0218. The second-order valence-corrected chi connectivity index (χ2v) is 7.73. The molecule has 0 fully saturated rings. The van der Waals surface area contributed by atoms with Crippen molar-refractivity contribution in [2.45, 2.75) is 59.9 Å². The first-order valence-electron chi connectivity index (χ1n) is 8.56. The molecule has 0 unspecified atom stereocenters. The van der Waals surface area contributed by atoms with Crippen molar-refractivity contribution in [2.24, 2.45) is 0 Å². The lowest BCUT2D eigenvalue weighted by Crippen LogP contribution is -2.24. The Hall–Kier alpha value is -2.03. The third-order valence-corrected chi connectivity index (χ3v) is 4.30. The highest BCUT2D eigenvalue weighted by Crippen LogP contribution is 2.25. The fourth-order valence-corrected chi connectivity index (χ4v) is 3.27. The Morgan fingerprint density at radius 1 is 1.17 bits per heavy atom. The molecule has 0 spiro atoms. The number of carbonyl (C=O) groups excluding carboxylic acids is 1. The number of aromatic nitrogens is 1. The molecule has 0 amide bonds. The smallest absolute Gasteiger partial charge is 0.202 e. The van der Waals surface area contributed by atoms with Gasteiger partial charge in [0.15, 0.2) is 6.61 Å². The van der Waals surface area contributed by atoms with E-state index in [0.29, 0.717) is 5.92 Å². The van der Waals surface area contributed by atoms with Crippen LogP contribution in [-0.4, -0.2) is 17.0 Å². The molecule has 1 aromatic heterocycles. The summed E-state index contributed by atoms with van der Waals surface area (Å²) < 4.78 is 7.95. The molecule has 1 aromatic carbocycles. The molecule has 2 rings (SSSR count). The number of Topliss-reactive ketones (excluding diaryl/α,β-unsaturated/α-hetero) is 1. The number of hydrogen-bond acceptors (Lipinski definition) is 2. The predicted octanol–water partition coefficient (Wildman–Crippen LogP) is 5.25. The highest BCUT2D eigenvalue weighted by atomic mass is 16.5. The van der Waals surface area contributed by atoms with Crippen LogP contribution in [0.1, 0.15) is 67.8 Å². The van der Waals surface area contributed by atoms with Crippen LogP contribution in [0, 0.1) is 13.8 Å². The van der Waals surface area contributed by atoms with E-state index in [0.717, 1.165) is 22.7 Å². The van der Waals surface area contributed by atoms with Crippen LogP contribution in [0.25, 0.3) is 0 Å². The number of ether oxygens (including phenoxy) is 1. The summed E-state index contributed by atoms with van der Waals surface area (Å²) >= 11 is 0. The van der Waals surface area contributed by atoms with E-state index in [1.54, 1.807) is 0 Å². The quantitative estimate of drug-likeness (QED) is 0.703. The van der Waals surface area contributed by atoms with Gasteiger partial charge in [-0.15, -0.1) is 0 Å². The number of ketones is 1. The molecule has 0 radical (unpaired) electrons. The fraction of sp³-hybridized carbons (Fsp3) is 0.476. The summed E-state index contributed by atoms with van der Waals surface area (Å²) in [5.41, 5.74) is 4.03. The summed E-state index contributed by atoms with van der Waals surface area (Å²) in [5, 5.41) is 0. The highest BCUT2D eigenvalue weighted by Gasteiger charge is 2.22. The Balaban J connectivity index is 2.15. The third kappa shape index (κ3) is 3.89. The van der Waals surface area contributed by atoms with Crippen molar-refractivity contribution in [1.29, 1.82) is 0 Å². The SMILES string of the molecule is Cc1cc(C(=O)COc2cccc(C(C)C)c2)c(C)n1C(C)(C)C. The maximum atomic E-state index is 12.6. The van der Waals surface area contributed by atoms with Crippen LogP contribution in [0.5, 0.6) is 5.75 Å². The van der Waals surface area contributed by atoms with Gasteiger partial charge in [-0.05, 0) is 64.3 Å². The molecule has 3 heteroatoms. The summed E-state index contributed by atoms with van der Waals surface area (Å²) in [5.74, 6) is 1.21. The Kier molecular flexibility index (Phi) is 5.22. The van der Waals surface area contributed by atoms with Gasteiger partial charge in [-0.25, -0.2) is 0 Å². The van der Waals surface area contributed by atoms with Gasteiger partial charge in [0.2, 0.25) is 5.78 Å². The zero-order valence-corrected chi connectivity index (χ0v) is 15.9. The Morgan fingerprint density at radius 3 is 2.38 bits per heavy atom. The van der Waals surface area contributed by atoms with Crippen molar-refractivity contribution in [3.8, 4) is 5.75 Å². The normalized spacial score (nSPS) is 11.8. The number of benzene rings is 1. The van der Waals surface area contributed by atoms with Crippen LogP contribution in [0.3, 0.4) is 0 Å². The van der Waals surface area contributed by atoms with Gasteiger partial charge in [0.05, 0.1) is 0 Å². The molecule has 0 atom stereocenters. The van der Waals surface area contributed by atoms with Crippen LogP contribution >= 0.6 is 0 Å². The Labute approximate surface area is 145 Å². The summed E-state index contributed by atoms with van der Waals surface area (Å²) in [7, 11) is 0. The minimum Gasteiger partial charge on any atom is -0.485 e. The highest BCUT2D eigenvalue weighted by molar-refractivity contribution is 5.98. The standard InChI is InChI=1S/C21H29NO2/c1-14(2)17-9-8-10-18(12-17)24-13-20(23)19-11-15(3)22(16(19)4)21(5,6)7/h8-12,14H,13H2,1-7H3. The van der Waals surface area contributed by atoms with Gasteiger partial charge in [0.1, 0.15) is 5.75 Å². The average molecular weight is 327 g/mol. The summed E-state index contributed by atoms with van der Waals surface area (Å²) in [6, 6.07) is 9.93. The van der Waals surface area contributed by atoms with Crippen LogP contribution in [-0.2, 0) is 5.54 Å². The minimum atomic E-state index is -0.0425. The number of nitrogens with zero attached hydrogens (tertiary/aromatic N) is 1. The molecule has 2 aromatic rings. The molecule has 0 bridgehead atoms. The molecular weight excluding hydrogens is 298 g/mol. The first-order valence-corrected chi connectivity index (χ1v) is 8.56. The van der Waals surface area contributed by atoms with Gasteiger partial charge in [0.25, 0.3) is 0 Å². The lowest BCUT2D eigenvalue weighted by molar-refractivity contribution is 0.0920. The zero-order chi connectivity index (χ0) is 18.1. The first kappa shape index (κ1) is 18.3. The molecule has 3 nitrogen and oxygen atoms in total. The molecule has 0 saturated heterocycles. The number of carbonyl (C=O) groups is 1. The van der Waals surface area contributed by atoms with E-state index in [1.807, 2.05) is 38.1 Å². The molecule has 24 heavy (non-hydrogen) atoms. The second-order valence-electron chi connectivity index (χ2n) is 7.73. The van der Waals surface area contributed by atoms with Crippen molar-refractivity contribution in [2.75, 3.05) is 6.61 Å². The van der Waals surface area contributed by atoms with Crippen LogP contribution in [0.2, 0.25) is 0 Å². The molecule has 130 valence electrons. The van der Waals surface area contributed by atoms with Crippen LogP contribution < -0.4 is 4.74 Å². The van der Waals surface area contributed by atoms with Gasteiger partial charge >= 0.3 is 0 Å². The first-order chi connectivity index (χ1) is 11.1. The fourth-order valence-electron chi connectivity index (χ4n) is 3.27. The zero-order valence-electron chi connectivity index (χ0n) is 15.9. The maximum Gasteiger partial charge on any atom is 0.202 e. The lowest BCUT2D eigenvalue weighted by atomic mass is 10.0. The van der Waals surface area contributed by atoms with Gasteiger partial charge in [-0.3, -0.25) is 4.79 Å². The monoisotopic (exact) mass is 327 g/mol. The molecule has 0 aliphatic carbocycles. The molecular formula is C21H29NO2. The topological polar surface area (TPSA) is 31.2 Å². The maximum absolute atomic E-state index is 12.6. The number of hydrogen-bond donors (Lipinski definition) is 0. The van der Waals surface area contributed by atoms with Crippen molar-refractivity contribution < 1.29 is 9.53 Å². The van der Waals surface area contributed by atoms with Crippen molar-refractivity contribution in [3.63, 3.8) is 0 Å². The largest absolute Gasteiger partial charge is 0.485 e. The van der Waals surface area contributed by atoms with E-state index in [2.05, 4.69) is 45.3 Å². The van der Waals surface area contributed by atoms with E-state index in [9.17, 15) is 4.79 Å². The molecule has 0 aliphatic heterocycles. The molecule has 1 heterocycles. The third-order valence-electron chi connectivity index (χ3n) is 4.30. The Bertz CT molecular complexity index is 733. The van der Waals surface area contributed by atoms with E-state index >= 15 is 0 Å². The molecule has 0 N–H and O–H groups in total. The van der Waals surface area contributed by atoms with E-state index in [4.69, 9.17) is 4.74 Å². The average Bonchev–Trinajstić information content (AvgIpc) is 2.79. The second kappa shape index (κ2) is 6.84. The van der Waals surface area contributed by atoms with Crippen molar-refractivity contribution in [1.82, 2.24) is 4.57 Å². The number of rotatable bonds is 5. The van der Waals surface area contributed by atoms with Gasteiger partial charge < -0.3 is 9.30 Å². The van der Waals surface area contributed by atoms with E-state index in [-0.39, 0.29) is 17.9 Å². The van der Waals surface area contributed by atoms with E-state index in [1.165, 1.54) is 5.56 Å². The predicted molar refractivity (Wildman–Crippen MR) is 99.3 cm³/mol. The van der Waals surface area contributed by atoms with Crippen molar-refractivity contribution >= 4 is 5.78 Å². The van der Waals surface area contributed by atoms with Gasteiger partial charge in [-0.1, -0.05) is 26.0 Å². The van der Waals surface area contributed by atoms with Crippen molar-refractivity contribution in [3.05, 3.63) is 52.8 Å². The molecule has 0 aliphatic rings. The Morgan fingerprint density at radius 2 is 1.83 bits per heavy atom. The number of aryl methyl sites for hydroxylation is 1.